The van der Waals surface area contributed by atoms with Crippen molar-refractivity contribution in [2.45, 2.75) is 0 Å². The molecule has 2 heterocycles. The number of rotatable bonds is 5. The number of carbonyl (C=O) groups is 1. The van der Waals surface area contributed by atoms with Crippen LogP contribution in [0.4, 0.5) is 18.9 Å². The minimum atomic E-state index is -1.31. The number of anilines is 1. The first-order valence-electron chi connectivity index (χ1n) is 9.96. The summed E-state index contributed by atoms with van der Waals surface area (Å²) in [6.07, 6.45) is 4.87. The minimum absolute atomic E-state index is 0.0350. The Morgan fingerprint density at radius 3 is 2.62 bits per heavy atom. The second-order valence-corrected chi connectivity index (χ2v) is 7.20. The standard InChI is InChI=1S/C24H14F3N5O2/c25-15-3-1-2-13(8-15)24(33)32-18-6-7-21(23(27)22(18)26)34-16-4-5-17-19(9-16)31-20(12-28-17)14-10-29-30-11-14/h1-12H,(H,29,30)(H,32,33). The van der Waals surface area contributed by atoms with Gasteiger partial charge in [0.25, 0.3) is 5.91 Å². The van der Waals surface area contributed by atoms with Gasteiger partial charge in [-0.05, 0) is 42.5 Å². The Morgan fingerprint density at radius 1 is 0.941 bits per heavy atom. The Hall–Kier alpha value is -4.73. The lowest BCUT2D eigenvalue weighted by Gasteiger charge is -2.11. The Kier molecular flexibility index (Phi) is 5.38. The molecule has 5 aromatic rings. The summed E-state index contributed by atoms with van der Waals surface area (Å²) in [7, 11) is 0. The number of amides is 1. The predicted molar refractivity (Wildman–Crippen MR) is 118 cm³/mol. The van der Waals surface area contributed by atoms with E-state index >= 15 is 0 Å². The lowest BCUT2D eigenvalue weighted by atomic mass is 10.2. The van der Waals surface area contributed by atoms with Crippen LogP contribution in [-0.4, -0.2) is 26.1 Å². The summed E-state index contributed by atoms with van der Waals surface area (Å²) < 4.78 is 48.1. The van der Waals surface area contributed by atoms with Gasteiger partial charge < -0.3 is 10.1 Å². The van der Waals surface area contributed by atoms with Gasteiger partial charge in [-0.15, -0.1) is 0 Å². The highest BCUT2D eigenvalue weighted by Crippen LogP contribution is 2.31. The summed E-state index contributed by atoms with van der Waals surface area (Å²) in [5, 5.41) is 8.80. The third kappa shape index (κ3) is 4.16. The van der Waals surface area contributed by atoms with E-state index in [0.29, 0.717) is 16.7 Å². The highest BCUT2D eigenvalue weighted by Gasteiger charge is 2.18. The van der Waals surface area contributed by atoms with Gasteiger partial charge in [0.2, 0.25) is 5.82 Å². The molecule has 2 aromatic heterocycles. The van der Waals surface area contributed by atoms with E-state index in [1.165, 1.54) is 24.3 Å². The molecule has 0 radical (unpaired) electrons. The maximum Gasteiger partial charge on any atom is 0.255 e. The van der Waals surface area contributed by atoms with E-state index in [-0.39, 0.29) is 17.1 Å². The molecule has 0 saturated carbocycles. The predicted octanol–water partition coefficient (Wildman–Crippen LogP) is 5.48. The molecule has 0 unspecified atom stereocenters. The molecule has 0 spiro atoms. The van der Waals surface area contributed by atoms with E-state index in [1.807, 2.05) is 0 Å². The number of aromatic amines is 1. The highest BCUT2D eigenvalue weighted by atomic mass is 19.2. The SMILES string of the molecule is O=C(Nc1ccc(Oc2ccc3ncc(-c4cn[nH]c4)nc3c2)c(F)c1F)c1cccc(F)c1. The zero-order chi connectivity index (χ0) is 23.7. The molecule has 5 rings (SSSR count). The summed E-state index contributed by atoms with van der Waals surface area (Å²) in [5.74, 6) is -4.20. The van der Waals surface area contributed by atoms with Gasteiger partial charge >= 0.3 is 0 Å². The number of H-pyrrole nitrogens is 1. The number of nitrogens with zero attached hydrogens (tertiary/aromatic N) is 3. The average Bonchev–Trinajstić information content (AvgIpc) is 3.38. The van der Waals surface area contributed by atoms with Crippen LogP contribution in [-0.2, 0) is 0 Å². The van der Waals surface area contributed by atoms with Gasteiger partial charge in [-0.2, -0.15) is 9.49 Å². The fourth-order valence-corrected chi connectivity index (χ4v) is 3.24. The molecule has 0 aliphatic rings. The van der Waals surface area contributed by atoms with Crippen molar-refractivity contribution in [3.63, 3.8) is 0 Å². The smallest absolute Gasteiger partial charge is 0.255 e. The van der Waals surface area contributed by atoms with E-state index in [1.54, 1.807) is 36.8 Å². The molecule has 2 N–H and O–H groups in total. The molecule has 3 aromatic carbocycles. The van der Waals surface area contributed by atoms with E-state index in [0.717, 1.165) is 17.7 Å². The molecular weight excluding hydrogens is 447 g/mol. The van der Waals surface area contributed by atoms with Gasteiger partial charge in [-0.25, -0.2) is 13.8 Å². The largest absolute Gasteiger partial charge is 0.454 e. The number of benzene rings is 3. The summed E-state index contributed by atoms with van der Waals surface area (Å²) in [4.78, 5) is 21.1. The molecule has 7 nitrogen and oxygen atoms in total. The molecule has 34 heavy (non-hydrogen) atoms. The van der Waals surface area contributed by atoms with Gasteiger partial charge in [0.15, 0.2) is 11.6 Å². The van der Waals surface area contributed by atoms with Crippen LogP contribution in [0.2, 0.25) is 0 Å². The number of nitrogens with one attached hydrogen (secondary N) is 2. The zero-order valence-corrected chi connectivity index (χ0v) is 17.2. The maximum atomic E-state index is 14.7. The summed E-state index contributed by atoms with van der Waals surface area (Å²) in [5.41, 5.74) is 1.94. The number of hydrogen-bond donors (Lipinski definition) is 2. The second kappa shape index (κ2) is 8.66. The lowest BCUT2D eigenvalue weighted by molar-refractivity contribution is 0.102. The molecule has 0 fully saturated rings. The van der Waals surface area contributed by atoms with Crippen LogP contribution >= 0.6 is 0 Å². The normalized spacial score (nSPS) is 10.9. The van der Waals surface area contributed by atoms with Gasteiger partial charge in [-0.3, -0.25) is 14.9 Å². The van der Waals surface area contributed by atoms with E-state index in [9.17, 15) is 18.0 Å². The van der Waals surface area contributed by atoms with Crippen molar-refractivity contribution in [2.24, 2.45) is 0 Å². The minimum Gasteiger partial charge on any atom is -0.454 e. The van der Waals surface area contributed by atoms with Crippen molar-refractivity contribution in [1.29, 1.82) is 0 Å². The van der Waals surface area contributed by atoms with Gasteiger partial charge in [0.05, 0.1) is 34.8 Å². The molecule has 0 saturated heterocycles. The zero-order valence-electron chi connectivity index (χ0n) is 17.2. The summed E-state index contributed by atoms with van der Waals surface area (Å²) >= 11 is 0. The van der Waals surface area contributed by atoms with Crippen molar-refractivity contribution >= 4 is 22.6 Å². The molecule has 0 atom stereocenters. The first-order valence-corrected chi connectivity index (χ1v) is 9.96. The third-order valence-electron chi connectivity index (χ3n) is 4.92. The number of ether oxygens (including phenoxy) is 1. The fraction of sp³-hybridized carbons (Fsp3) is 0. The second-order valence-electron chi connectivity index (χ2n) is 7.20. The monoisotopic (exact) mass is 461 g/mol. The van der Waals surface area contributed by atoms with E-state index in [4.69, 9.17) is 4.74 Å². The summed E-state index contributed by atoms with van der Waals surface area (Å²) in [6.45, 7) is 0. The van der Waals surface area contributed by atoms with Crippen LogP contribution in [0.15, 0.2) is 73.2 Å². The van der Waals surface area contributed by atoms with Crippen LogP contribution in [0.5, 0.6) is 11.5 Å². The Labute approximate surface area is 190 Å². The van der Waals surface area contributed by atoms with Crippen molar-refractivity contribution in [2.75, 3.05) is 5.32 Å². The molecule has 10 heteroatoms. The van der Waals surface area contributed by atoms with Crippen LogP contribution < -0.4 is 10.1 Å². The molecule has 0 aliphatic carbocycles. The Bertz CT molecular complexity index is 1520. The number of aromatic nitrogens is 4. The van der Waals surface area contributed by atoms with Crippen molar-refractivity contribution in [3.05, 3.63) is 96.2 Å². The number of halogens is 3. The number of hydrogen-bond acceptors (Lipinski definition) is 5. The molecule has 0 bridgehead atoms. The van der Waals surface area contributed by atoms with Crippen LogP contribution in [0.3, 0.4) is 0 Å². The first-order chi connectivity index (χ1) is 16.5. The van der Waals surface area contributed by atoms with Crippen LogP contribution in [0.1, 0.15) is 10.4 Å². The van der Waals surface area contributed by atoms with Crippen molar-refractivity contribution in [1.82, 2.24) is 20.2 Å². The molecular formula is C24H14F3N5O2. The third-order valence-corrected chi connectivity index (χ3v) is 4.92. The fourth-order valence-electron chi connectivity index (χ4n) is 3.24. The first kappa shape index (κ1) is 21.1. The van der Waals surface area contributed by atoms with Crippen LogP contribution in [0, 0.1) is 17.5 Å². The summed E-state index contributed by atoms with van der Waals surface area (Å²) in [6, 6.07) is 11.9. The highest BCUT2D eigenvalue weighted by molar-refractivity contribution is 6.04. The lowest BCUT2D eigenvalue weighted by Crippen LogP contribution is -2.14. The van der Waals surface area contributed by atoms with Gasteiger partial charge in [0, 0.05) is 23.4 Å². The molecule has 168 valence electrons. The number of carbonyl (C=O) groups excluding carboxylic acids is 1. The Balaban J connectivity index is 1.39. The average molecular weight is 461 g/mol. The van der Waals surface area contributed by atoms with Crippen LogP contribution in [0.25, 0.3) is 22.3 Å². The van der Waals surface area contributed by atoms with Gasteiger partial charge in [-0.1, -0.05) is 6.07 Å². The quantitative estimate of drug-likeness (QED) is 0.362. The van der Waals surface area contributed by atoms with E-state index < -0.39 is 29.0 Å². The molecule has 0 aliphatic heterocycles. The maximum absolute atomic E-state index is 14.7. The Morgan fingerprint density at radius 2 is 1.82 bits per heavy atom. The molecule has 1 amide bonds. The van der Waals surface area contributed by atoms with Crippen molar-refractivity contribution < 1.29 is 22.7 Å². The number of fused-ring (bicyclic) bond motifs is 1. The van der Waals surface area contributed by atoms with Crippen molar-refractivity contribution in [3.8, 4) is 22.8 Å². The topological polar surface area (TPSA) is 92.8 Å². The van der Waals surface area contributed by atoms with Gasteiger partial charge in [0.1, 0.15) is 11.6 Å². The van der Waals surface area contributed by atoms with E-state index in [2.05, 4.69) is 25.5 Å².